The van der Waals surface area contributed by atoms with Crippen LogP contribution in [-0.4, -0.2) is 55.6 Å². The summed E-state index contributed by atoms with van der Waals surface area (Å²) in [7, 11) is 4.99. The highest BCUT2D eigenvalue weighted by Crippen LogP contribution is 2.29. The quantitative estimate of drug-likeness (QED) is 0.0550. The number of rotatable bonds is 12. The predicted octanol–water partition coefficient (Wildman–Crippen LogP) is 4.58. The Bertz CT molecular complexity index is 2210. The van der Waals surface area contributed by atoms with Gasteiger partial charge in [0.25, 0.3) is 29.5 Å². The highest BCUT2D eigenvalue weighted by Gasteiger charge is 2.20. The zero-order valence-electron chi connectivity index (χ0n) is 27.1. The van der Waals surface area contributed by atoms with Crippen molar-refractivity contribution in [3.8, 4) is 0 Å². The fourth-order valence-corrected chi connectivity index (χ4v) is 6.03. The Morgan fingerprint density at radius 3 is 1.74 bits per heavy atom. The molecule has 50 heavy (non-hydrogen) atoms. The van der Waals surface area contributed by atoms with E-state index in [1.165, 1.54) is 23.5 Å². The van der Waals surface area contributed by atoms with Crippen LogP contribution in [-0.2, 0) is 25.9 Å². The van der Waals surface area contributed by atoms with E-state index < -0.39 is 11.8 Å². The van der Waals surface area contributed by atoms with Crippen LogP contribution in [0.3, 0.4) is 0 Å². The first kappa shape index (κ1) is 35.4. The minimum Gasteiger partial charge on any atom is -0.388 e. The van der Waals surface area contributed by atoms with E-state index >= 15 is 0 Å². The summed E-state index contributed by atoms with van der Waals surface area (Å²) >= 11 is 4.34. The SMILES string of the molecule is C=C(Br)C(=O)Nc1ccc2sc(C(=O)Nc3cc(C(=O)Nc4cc(C(=O)Nc5cc(C(=O)NCCC(=N)N)n(C)c5)n(C)c4)n(C)c3)cc2c1. The maximum absolute atomic E-state index is 13.2. The summed E-state index contributed by atoms with van der Waals surface area (Å²) < 4.78 is 5.74. The Labute approximate surface area is 298 Å². The van der Waals surface area contributed by atoms with Crippen molar-refractivity contribution >= 4 is 95.5 Å². The minimum atomic E-state index is -0.461. The Morgan fingerprint density at radius 1 is 0.740 bits per heavy atom. The zero-order valence-corrected chi connectivity index (χ0v) is 29.5. The molecule has 4 aromatic heterocycles. The third-order valence-corrected chi connectivity index (χ3v) is 8.89. The van der Waals surface area contributed by atoms with Crippen LogP contribution in [0.5, 0.6) is 0 Å². The number of carbonyl (C=O) groups excluding carboxylic acids is 5. The topological polar surface area (TPSA) is 210 Å². The second kappa shape index (κ2) is 14.7. The maximum Gasteiger partial charge on any atom is 0.272 e. The number of hydrogen-bond acceptors (Lipinski definition) is 7. The molecule has 0 aliphatic carbocycles. The number of anilines is 4. The molecule has 0 unspecified atom stereocenters. The summed E-state index contributed by atoms with van der Waals surface area (Å²) in [6.45, 7) is 3.77. The Hall–Kier alpha value is -5.94. The van der Waals surface area contributed by atoms with Gasteiger partial charge >= 0.3 is 0 Å². The van der Waals surface area contributed by atoms with Gasteiger partial charge < -0.3 is 46.0 Å². The lowest BCUT2D eigenvalue weighted by Gasteiger charge is -2.04. The molecule has 0 fully saturated rings. The van der Waals surface area contributed by atoms with Crippen LogP contribution in [0, 0.1) is 5.41 Å². The van der Waals surface area contributed by atoms with Gasteiger partial charge in [-0.1, -0.05) is 6.58 Å². The van der Waals surface area contributed by atoms with Crippen molar-refractivity contribution in [2.75, 3.05) is 27.8 Å². The van der Waals surface area contributed by atoms with Crippen molar-refractivity contribution in [1.82, 2.24) is 19.0 Å². The van der Waals surface area contributed by atoms with Crippen molar-refractivity contribution in [2.24, 2.45) is 26.9 Å². The third-order valence-electron chi connectivity index (χ3n) is 7.41. The molecule has 15 nitrogen and oxygen atoms in total. The van der Waals surface area contributed by atoms with E-state index in [1.54, 1.807) is 77.7 Å². The van der Waals surface area contributed by atoms with Gasteiger partial charge in [0.1, 0.15) is 17.1 Å². The first-order valence-electron chi connectivity index (χ1n) is 14.9. The summed E-state index contributed by atoms with van der Waals surface area (Å²) in [4.78, 5) is 64.3. The molecule has 258 valence electrons. The molecule has 0 bridgehead atoms. The van der Waals surface area contributed by atoms with Crippen molar-refractivity contribution in [3.63, 3.8) is 0 Å². The van der Waals surface area contributed by atoms with Gasteiger partial charge in [-0.05, 0) is 63.8 Å². The van der Waals surface area contributed by atoms with Gasteiger partial charge in [-0.3, -0.25) is 29.4 Å². The normalized spacial score (nSPS) is 10.8. The lowest BCUT2D eigenvalue weighted by Crippen LogP contribution is -2.28. The van der Waals surface area contributed by atoms with Gasteiger partial charge in [-0.25, -0.2) is 0 Å². The molecule has 0 atom stereocenters. The summed E-state index contributed by atoms with van der Waals surface area (Å²) in [5.41, 5.74) is 7.89. The van der Waals surface area contributed by atoms with E-state index in [2.05, 4.69) is 49.1 Å². The van der Waals surface area contributed by atoms with E-state index in [4.69, 9.17) is 11.1 Å². The molecular formula is C33H33BrN10O5S. The number of thiophene rings is 1. The predicted molar refractivity (Wildman–Crippen MR) is 197 cm³/mol. The average molecular weight is 762 g/mol. The first-order chi connectivity index (χ1) is 23.7. The number of amidine groups is 1. The highest BCUT2D eigenvalue weighted by molar-refractivity contribution is 9.12. The molecule has 0 spiro atoms. The summed E-state index contributed by atoms with van der Waals surface area (Å²) in [6.07, 6.45) is 5.02. The average Bonchev–Trinajstić information content (AvgIpc) is 3.81. The Morgan fingerprint density at radius 2 is 1.24 bits per heavy atom. The van der Waals surface area contributed by atoms with Crippen molar-refractivity contribution < 1.29 is 24.0 Å². The van der Waals surface area contributed by atoms with Gasteiger partial charge in [-0.15, -0.1) is 11.3 Å². The molecule has 0 saturated carbocycles. The van der Waals surface area contributed by atoms with Gasteiger partial charge in [-0.2, -0.15) is 0 Å². The van der Waals surface area contributed by atoms with Crippen LogP contribution in [0.4, 0.5) is 22.7 Å². The molecule has 5 aromatic rings. The molecule has 4 heterocycles. The largest absolute Gasteiger partial charge is 0.388 e. The first-order valence-corrected chi connectivity index (χ1v) is 16.5. The van der Waals surface area contributed by atoms with E-state index in [-0.39, 0.29) is 52.4 Å². The van der Waals surface area contributed by atoms with E-state index in [1.807, 2.05) is 6.07 Å². The second-order valence-corrected chi connectivity index (χ2v) is 13.3. The summed E-state index contributed by atoms with van der Waals surface area (Å²) in [6, 6.07) is 11.6. The highest BCUT2D eigenvalue weighted by atomic mass is 79.9. The van der Waals surface area contributed by atoms with Crippen molar-refractivity contribution in [3.05, 3.63) is 94.1 Å². The molecule has 0 radical (unpaired) electrons. The number of hydrogen-bond donors (Lipinski definition) is 7. The third kappa shape index (κ3) is 8.19. The molecule has 0 aliphatic heterocycles. The van der Waals surface area contributed by atoms with E-state index in [9.17, 15) is 24.0 Å². The monoisotopic (exact) mass is 760 g/mol. The van der Waals surface area contributed by atoms with Gasteiger partial charge in [0.05, 0.1) is 32.3 Å². The van der Waals surface area contributed by atoms with Crippen molar-refractivity contribution in [1.29, 1.82) is 5.41 Å². The van der Waals surface area contributed by atoms with Crippen LogP contribution < -0.4 is 32.3 Å². The number of nitrogens with two attached hydrogens (primary N) is 1. The van der Waals surface area contributed by atoms with E-state index in [0.717, 1.165) is 10.1 Å². The van der Waals surface area contributed by atoms with Crippen LogP contribution in [0.2, 0.25) is 0 Å². The van der Waals surface area contributed by atoms with Gasteiger partial charge in [0.2, 0.25) is 0 Å². The molecule has 1 aromatic carbocycles. The van der Waals surface area contributed by atoms with Crippen LogP contribution >= 0.6 is 27.3 Å². The number of halogens is 1. The standard InChI is InChI=1S/C33H33BrN10O5S/c1-17(34)29(45)38-19-5-6-26-18(9-19)10-27(50-26)33(49)41-22-13-25(44(4)16-22)32(48)40-21-12-24(43(3)15-21)31(47)39-20-11-23(42(2)14-20)30(46)37-8-7-28(35)36/h5-6,9-16H,1,7-8H2,2-4H3,(H3,35,36)(H,37,46)(H,38,45)(H,39,47)(H,40,48)(H,41,49). The summed E-state index contributed by atoms with van der Waals surface area (Å²) in [5.74, 6) is -2.06. The number of fused-ring (bicyclic) bond motifs is 1. The number of amides is 5. The number of carbonyl (C=O) groups is 5. The molecule has 0 aliphatic rings. The lowest BCUT2D eigenvalue weighted by molar-refractivity contribution is -0.112. The van der Waals surface area contributed by atoms with Crippen LogP contribution in [0.15, 0.2) is 72.1 Å². The molecule has 5 amide bonds. The van der Waals surface area contributed by atoms with Gasteiger partial charge in [0.15, 0.2) is 0 Å². The lowest BCUT2D eigenvalue weighted by atomic mass is 10.2. The number of nitrogens with zero attached hydrogens (tertiary/aromatic N) is 3. The minimum absolute atomic E-state index is 0.0345. The molecule has 5 rings (SSSR count). The fraction of sp³-hybridized carbons (Fsp3) is 0.152. The summed E-state index contributed by atoms with van der Waals surface area (Å²) in [5, 5.41) is 21.8. The van der Waals surface area contributed by atoms with Crippen LogP contribution in [0.25, 0.3) is 10.1 Å². The van der Waals surface area contributed by atoms with Crippen LogP contribution in [0.1, 0.15) is 47.6 Å². The maximum atomic E-state index is 13.2. The van der Waals surface area contributed by atoms with Gasteiger partial charge in [0, 0.05) is 63.1 Å². The molecular weight excluding hydrogens is 728 g/mol. The Balaban J connectivity index is 1.20. The molecule has 0 saturated heterocycles. The smallest absolute Gasteiger partial charge is 0.272 e. The number of nitrogens with one attached hydrogen (secondary N) is 6. The second-order valence-electron chi connectivity index (χ2n) is 11.3. The molecule has 8 N–H and O–H groups in total. The zero-order chi connectivity index (χ0) is 36.3. The number of aryl methyl sites for hydroxylation is 3. The fourth-order valence-electron chi connectivity index (χ4n) is 4.99. The number of aromatic nitrogens is 3. The van der Waals surface area contributed by atoms with E-state index in [0.29, 0.717) is 33.3 Å². The Kier molecular flexibility index (Phi) is 10.4. The van der Waals surface area contributed by atoms with Crippen molar-refractivity contribution in [2.45, 2.75) is 6.42 Å². The molecule has 17 heteroatoms. The number of benzene rings is 1.